The van der Waals surface area contributed by atoms with Gasteiger partial charge in [-0.25, -0.2) is 4.79 Å². The van der Waals surface area contributed by atoms with Crippen LogP contribution in [0.2, 0.25) is 0 Å². The number of nitrogens with one attached hydrogen (secondary N) is 1. The Morgan fingerprint density at radius 3 is 2.92 bits per heavy atom. The van der Waals surface area contributed by atoms with Gasteiger partial charge in [0.2, 0.25) is 0 Å². The molecule has 0 aromatic rings. The molecule has 0 saturated carbocycles. The van der Waals surface area contributed by atoms with E-state index < -0.39 is 11.9 Å². The fraction of sp³-hybridized carbons (Fsp3) is 0.750. The molecule has 1 atom stereocenters. The molecule has 1 fully saturated rings. The summed E-state index contributed by atoms with van der Waals surface area (Å²) in [6.07, 6.45) is 1.12. The fourth-order valence-electron chi connectivity index (χ4n) is 1.15. The van der Waals surface area contributed by atoms with Crippen LogP contribution in [0.4, 0.5) is 0 Å². The molecule has 1 aliphatic rings. The molecule has 1 unspecified atom stereocenters. The van der Waals surface area contributed by atoms with Crippen LogP contribution >= 0.6 is 11.8 Å². The molecule has 0 aliphatic carbocycles. The third kappa shape index (κ3) is 3.26. The van der Waals surface area contributed by atoms with Gasteiger partial charge in [0.25, 0.3) is 0 Å². The zero-order valence-corrected chi connectivity index (χ0v) is 8.36. The average Bonchev–Trinajstić information content (AvgIpc) is 2.65. The smallest absolute Gasteiger partial charge is 0.396 e. The van der Waals surface area contributed by atoms with E-state index in [1.165, 1.54) is 7.11 Å². The molecule has 0 aromatic carbocycles. The number of esters is 1. The van der Waals surface area contributed by atoms with E-state index in [2.05, 4.69) is 10.1 Å². The van der Waals surface area contributed by atoms with Crippen molar-refractivity contribution in [2.45, 2.75) is 6.42 Å². The maximum Gasteiger partial charge on any atom is 0.396 e. The third-order valence-electron chi connectivity index (χ3n) is 1.95. The van der Waals surface area contributed by atoms with Crippen molar-refractivity contribution >= 4 is 23.6 Å². The molecule has 4 nitrogen and oxygen atoms in total. The number of carbonyl (C=O) groups excluding carboxylic acids is 2. The molecule has 1 rings (SSSR count). The fourth-order valence-corrected chi connectivity index (χ4v) is 2.43. The average molecular weight is 203 g/mol. The van der Waals surface area contributed by atoms with E-state index in [1.54, 1.807) is 0 Å². The normalized spacial score (nSPS) is 21.2. The van der Waals surface area contributed by atoms with Crippen molar-refractivity contribution in [1.29, 1.82) is 0 Å². The van der Waals surface area contributed by atoms with Gasteiger partial charge < -0.3 is 10.1 Å². The van der Waals surface area contributed by atoms with E-state index in [-0.39, 0.29) is 0 Å². The lowest BCUT2D eigenvalue weighted by Gasteiger charge is -2.08. The first-order chi connectivity index (χ1) is 6.24. The van der Waals surface area contributed by atoms with E-state index >= 15 is 0 Å². The minimum absolute atomic E-state index is 0.513. The predicted octanol–water partition coefficient (Wildman–Crippen LogP) is 0.0287. The van der Waals surface area contributed by atoms with Crippen LogP contribution in [-0.4, -0.2) is 37.0 Å². The van der Waals surface area contributed by atoms with E-state index in [1.807, 2.05) is 11.8 Å². The molecule has 1 amide bonds. The van der Waals surface area contributed by atoms with Crippen molar-refractivity contribution in [1.82, 2.24) is 5.32 Å². The Balaban J connectivity index is 2.17. The number of hydrogen-bond donors (Lipinski definition) is 1. The summed E-state index contributed by atoms with van der Waals surface area (Å²) in [5.74, 6) is 1.28. The molecule has 13 heavy (non-hydrogen) atoms. The molecule has 5 heteroatoms. The van der Waals surface area contributed by atoms with E-state index in [9.17, 15) is 9.59 Å². The first-order valence-electron chi connectivity index (χ1n) is 4.18. The Morgan fingerprint density at radius 2 is 2.38 bits per heavy atom. The van der Waals surface area contributed by atoms with Crippen LogP contribution in [0.5, 0.6) is 0 Å². The second kappa shape index (κ2) is 5.11. The summed E-state index contributed by atoms with van der Waals surface area (Å²) in [5.41, 5.74) is 0. The molecule has 0 aromatic heterocycles. The Morgan fingerprint density at radius 1 is 1.62 bits per heavy atom. The van der Waals surface area contributed by atoms with Gasteiger partial charge in [-0.05, 0) is 23.8 Å². The highest BCUT2D eigenvalue weighted by Gasteiger charge is 2.18. The van der Waals surface area contributed by atoms with Gasteiger partial charge in [0.15, 0.2) is 0 Å². The zero-order valence-electron chi connectivity index (χ0n) is 7.54. The Hall–Kier alpha value is -0.710. The van der Waals surface area contributed by atoms with E-state index in [4.69, 9.17) is 0 Å². The molecule has 1 saturated heterocycles. The van der Waals surface area contributed by atoms with Gasteiger partial charge in [-0.15, -0.1) is 0 Å². The van der Waals surface area contributed by atoms with Crippen LogP contribution in [0.25, 0.3) is 0 Å². The Bertz CT molecular complexity index is 202. The van der Waals surface area contributed by atoms with Gasteiger partial charge in [-0.3, -0.25) is 4.79 Å². The van der Waals surface area contributed by atoms with Crippen molar-refractivity contribution in [2.75, 3.05) is 25.2 Å². The van der Waals surface area contributed by atoms with Gasteiger partial charge in [0.05, 0.1) is 7.11 Å². The van der Waals surface area contributed by atoms with Crippen LogP contribution in [0.3, 0.4) is 0 Å². The highest BCUT2D eigenvalue weighted by atomic mass is 32.2. The number of hydrogen-bond acceptors (Lipinski definition) is 4. The lowest BCUT2D eigenvalue weighted by Crippen LogP contribution is -2.35. The van der Waals surface area contributed by atoms with Gasteiger partial charge in [-0.1, -0.05) is 0 Å². The molecular weight excluding hydrogens is 190 g/mol. The Kier molecular flexibility index (Phi) is 4.08. The quantitative estimate of drug-likeness (QED) is 0.508. The molecule has 0 radical (unpaired) electrons. The Labute approximate surface area is 81.4 Å². The second-order valence-electron chi connectivity index (χ2n) is 2.93. The van der Waals surface area contributed by atoms with Crippen LogP contribution < -0.4 is 5.32 Å². The molecule has 1 aliphatic heterocycles. The minimum Gasteiger partial charge on any atom is -0.462 e. The SMILES string of the molecule is COC(=O)C(=O)NCC1CCSC1. The van der Waals surface area contributed by atoms with E-state index in [0.717, 1.165) is 17.9 Å². The van der Waals surface area contributed by atoms with Crippen LogP contribution in [0, 0.1) is 5.92 Å². The number of thioether (sulfide) groups is 1. The standard InChI is InChI=1S/C8H13NO3S/c1-12-8(11)7(10)9-4-6-2-3-13-5-6/h6H,2-5H2,1H3,(H,9,10). The second-order valence-corrected chi connectivity index (χ2v) is 4.08. The first-order valence-corrected chi connectivity index (χ1v) is 5.33. The number of amides is 1. The third-order valence-corrected chi connectivity index (χ3v) is 3.18. The number of methoxy groups -OCH3 is 1. The predicted molar refractivity (Wildman–Crippen MR) is 50.5 cm³/mol. The molecule has 1 N–H and O–H groups in total. The van der Waals surface area contributed by atoms with Gasteiger partial charge in [-0.2, -0.15) is 11.8 Å². The lowest BCUT2D eigenvalue weighted by atomic mass is 10.1. The molecule has 0 spiro atoms. The van der Waals surface area contributed by atoms with Crippen molar-refractivity contribution in [2.24, 2.45) is 5.92 Å². The molecular formula is C8H13NO3S. The van der Waals surface area contributed by atoms with Crippen molar-refractivity contribution in [3.63, 3.8) is 0 Å². The van der Waals surface area contributed by atoms with Crippen molar-refractivity contribution in [3.8, 4) is 0 Å². The summed E-state index contributed by atoms with van der Waals surface area (Å²) in [6.45, 7) is 0.584. The number of ether oxygens (including phenoxy) is 1. The van der Waals surface area contributed by atoms with Crippen molar-refractivity contribution < 1.29 is 14.3 Å². The number of carbonyl (C=O) groups is 2. The minimum atomic E-state index is -0.814. The first kappa shape index (κ1) is 10.4. The largest absolute Gasteiger partial charge is 0.462 e. The van der Waals surface area contributed by atoms with Gasteiger partial charge in [0.1, 0.15) is 0 Å². The van der Waals surface area contributed by atoms with Crippen molar-refractivity contribution in [3.05, 3.63) is 0 Å². The van der Waals surface area contributed by atoms with Crippen LogP contribution in [0.15, 0.2) is 0 Å². The summed E-state index contributed by atoms with van der Waals surface area (Å²) < 4.78 is 4.27. The zero-order chi connectivity index (χ0) is 9.68. The highest BCUT2D eigenvalue weighted by molar-refractivity contribution is 7.99. The topological polar surface area (TPSA) is 55.4 Å². The number of rotatable bonds is 2. The summed E-state index contributed by atoms with van der Waals surface area (Å²) in [4.78, 5) is 21.6. The van der Waals surface area contributed by atoms with E-state index in [0.29, 0.717) is 12.5 Å². The summed E-state index contributed by atoms with van der Waals surface area (Å²) in [7, 11) is 1.20. The van der Waals surface area contributed by atoms with Gasteiger partial charge in [0, 0.05) is 6.54 Å². The summed E-state index contributed by atoms with van der Waals surface area (Å²) in [6, 6.07) is 0. The maximum atomic E-state index is 10.9. The summed E-state index contributed by atoms with van der Waals surface area (Å²) in [5, 5.41) is 2.55. The van der Waals surface area contributed by atoms with Gasteiger partial charge >= 0.3 is 11.9 Å². The molecule has 74 valence electrons. The lowest BCUT2D eigenvalue weighted by molar-refractivity contribution is -0.152. The summed E-state index contributed by atoms with van der Waals surface area (Å²) >= 11 is 1.88. The highest BCUT2D eigenvalue weighted by Crippen LogP contribution is 2.22. The van der Waals surface area contributed by atoms with Crippen LogP contribution in [0.1, 0.15) is 6.42 Å². The molecule has 0 bridgehead atoms. The maximum absolute atomic E-state index is 10.9. The molecule has 1 heterocycles. The van der Waals surface area contributed by atoms with Crippen LogP contribution in [-0.2, 0) is 14.3 Å². The monoisotopic (exact) mass is 203 g/mol.